The summed E-state index contributed by atoms with van der Waals surface area (Å²) in [6, 6.07) is 14.0. The zero-order valence-electron chi connectivity index (χ0n) is 14.2. The van der Waals surface area contributed by atoms with Gasteiger partial charge in [0.15, 0.2) is 0 Å². The molecule has 0 bridgehead atoms. The number of halogens is 1. The van der Waals surface area contributed by atoms with E-state index in [1.165, 1.54) is 6.07 Å². The number of carbonyl (C=O) groups excluding carboxylic acids is 2. The second-order valence-electron chi connectivity index (χ2n) is 6.58. The molecule has 2 N–H and O–H groups in total. The van der Waals surface area contributed by atoms with Gasteiger partial charge in [-0.1, -0.05) is 36.4 Å². The molecular formula is C20H18FN3O2. The van der Waals surface area contributed by atoms with Crippen molar-refractivity contribution in [3.8, 4) is 0 Å². The molecule has 132 valence electrons. The number of aryl methyl sites for hydroxylation is 1. The molecule has 2 amide bonds. The Morgan fingerprint density at radius 1 is 1.08 bits per heavy atom. The van der Waals surface area contributed by atoms with Crippen LogP contribution in [0.25, 0.3) is 10.9 Å². The van der Waals surface area contributed by atoms with Crippen molar-refractivity contribution in [1.29, 1.82) is 0 Å². The first kappa shape index (κ1) is 16.3. The van der Waals surface area contributed by atoms with Crippen LogP contribution in [0.15, 0.2) is 54.7 Å². The van der Waals surface area contributed by atoms with E-state index in [4.69, 9.17) is 0 Å². The van der Waals surface area contributed by atoms with Gasteiger partial charge in [0, 0.05) is 30.1 Å². The van der Waals surface area contributed by atoms with E-state index in [9.17, 15) is 14.0 Å². The highest BCUT2D eigenvalue weighted by atomic mass is 19.1. The molecular weight excluding hydrogens is 333 g/mol. The average Bonchev–Trinajstić information content (AvgIpc) is 3.38. The summed E-state index contributed by atoms with van der Waals surface area (Å²) in [5, 5.41) is 0.817. The Hall–Kier alpha value is -3.15. The van der Waals surface area contributed by atoms with Crippen molar-refractivity contribution < 1.29 is 14.0 Å². The summed E-state index contributed by atoms with van der Waals surface area (Å²) in [5.41, 5.74) is 6.91. The number of nitrogens with zero attached hydrogens (tertiary/aromatic N) is 1. The van der Waals surface area contributed by atoms with Gasteiger partial charge in [-0.3, -0.25) is 20.4 Å². The van der Waals surface area contributed by atoms with Gasteiger partial charge in [0.05, 0.1) is 5.56 Å². The van der Waals surface area contributed by atoms with Crippen LogP contribution in [-0.4, -0.2) is 16.4 Å². The fraction of sp³-hybridized carbons (Fsp3) is 0.200. The third-order valence-electron chi connectivity index (χ3n) is 4.87. The quantitative estimate of drug-likeness (QED) is 0.713. The number of aromatic nitrogens is 1. The van der Waals surface area contributed by atoms with E-state index in [1.54, 1.807) is 24.4 Å². The first-order valence-electron chi connectivity index (χ1n) is 8.45. The van der Waals surface area contributed by atoms with Gasteiger partial charge in [-0.2, -0.15) is 0 Å². The van der Waals surface area contributed by atoms with Crippen molar-refractivity contribution in [3.05, 3.63) is 71.7 Å². The molecule has 1 saturated carbocycles. The number of hydrazine groups is 1. The van der Waals surface area contributed by atoms with Crippen molar-refractivity contribution >= 4 is 22.7 Å². The lowest BCUT2D eigenvalue weighted by Crippen LogP contribution is -2.42. The third-order valence-corrected chi connectivity index (χ3v) is 4.87. The van der Waals surface area contributed by atoms with E-state index in [0.29, 0.717) is 17.5 Å². The van der Waals surface area contributed by atoms with Crippen LogP contribution in [0.3, 0.4) is 0 Å². The predicted octanol–water partition coefficient (Wildman–Crippen LogP) is 2.88. The average molecular weight is 351 g/mol. The summed E-state index contributed by atoms with van der Waals surface area (Å²) in [4.78, 5) is 24.7. The Morgan fingerprint density at radius 2 is 1.81 bits per heavy atom. The van der Waals surface area contributed by atoms with Crippen LogP contribution in [-0.2, 0) is 11.8 Å². The number of fused-ring (bicyclic) bond motifs is 1. The Bertz CT molecular complexity index is 1010. The topological polar surface area (TPSA) is 63.1 Å². The zero-order chi connectivity index (χ0) is 18.3. The summed E-state index contributed by atoms with van der Waals surface area (Å²) in [6.07, 6.45) is 2.31. The van der Waals surface area contributed by atoms with Gasteiger partial charge in [-0.15, -0.1) is 0 Å². The highest BCUT2D eigenvalue weighted by Crippen LogP contribution is 2.48. The Labute approximate surface area is 149 Å². The highest BCUT2D eigenvalue weighted by Gasteiger charge is 2.45. The van der Waals surface area contributed by atoms with E-state index in [2.05, 4.69) is 10.9 Å². The second kappa shape index (κ2) is 6.29. The summed E-state index contributed by atoms with van der Waals surface area (Å²) in [5.74, 6) is -1.43. The maximum Gasteiger partial charge on any atom is 0.271 e. The molecule has 3 aromatic rings. The van der Waals surface area contributed by atoms with Crippen molar-refractivity contribution in [1.82, 2.24) is 15.4 Å². The molecule has 0 unspecified atom stereocenters. The van der Waals surface area contributed by atoms with Gasteiger partial charge >= 0.3 is 0 Å². The Morgan fingerprint density at radius 3 is 2.62 bits per heavy atom. The first-order chi connectivity index (χ1) is 12.6. The lowest BCUT2D eigenvalue weighted by Gasteiger charge is -2.07. The molecule has 1 aliphatic carbocycles. The van der Waals surface area contributed by atoms with Crippen LogP contribution in [0.1, 0.15) is 28.3 Å². The molecule has 2 aromatic carbocycles. The van der Waals surface area contributed by atoms with Crippen molar-refractivity contribution in [2.75, 3.05) is 0 Å². The fourth-order valence-electron chi connectivity index (χ4n) is 3.41. The van der Waals surface area contributed by atoms with Crippen LogP contribution in [0.5, 0.6) is 0 Å². The minimum Gasteiger partial charge on any atom is -0.350 e. The van der Waals surface area contributed by atoms with E-state index in [0.717, 1.165) is 10.9 Å². The molecule has 1 fully saturated rings. The van der Waals surface area contributed by atoms with Crippen LogP contribution in [0.2, 0.25) is 0 Å². The van der Waals surface area contributed by atoms with Gasteiger partial charge in [0.2, 0.25) is 5.91 Å². The van der Waals surface area contributed by atoms with Crippen molar-refractivity contribution in [2.24, 2.45) is 13.0 Å². The molecule has 5 nitrogen and oxygen atoms in total. The van der Waals surface area contributed by atoms with Crippen molar-refractivity contribution in [2.45, 2.75) is 12.3 Å². The maximum absolute atomic E-state index is 13.8. The molecule has 6 heteroatoms. The molecule has 0 spiro atoms. The smallest absolute Gasteiger partial charge is 0.271 e. The fourth-order valence-corrected chi connectivity index (χ4v) is 3.41. The molecule has 2 atom stereocenters. The number of carbonyl (C=O) groups is 2. The Balaban J connectivity index is 1.41. The minimum atomic E-state index is -0.377. The van der Waals surface area contributed by atoms with E-state index in [1.807, 2.05) is 35.9 Å². The molecule has 1 heterocycles. The number of hydrogen-bond donors (Lipinski definition) is 2. The number of benzene rings is 2. The number of hydrogen-bond acceptors (Lipinski definition) is 2. The molecule has 0 radical (unpaired) electrons. The normalized spacial score (nSPS) is 18.5. The van der Waals surface area contributed by atoms with Crippen LogP contribution < -0.4 is 10.9 Å². The number of rotatable bonds is 3. The summed E-state index contributed by atoms with van der Waals surface area (Å²) >= 11 is 0. The highest BCUT2D eigenvalue weighted by molar-refractivity contribution is 6.07. The predicted molar refractivity (Wildman–Crippen MR) is 95.8 cm³/mol. The van der Waals surface area contributed by atoms with E-state index < -0.39 is 0 Å². The van der Waals surface area contributed by atoms with Crippen molar-refractivity contribution in [3.63, 3.8) is 0 Å². The zero-order valence-corrected chi connectivity index (χ0v) is 14.2. The molecule has 1 aromatic heterocycles. The summed E-state index contributed by atoms with van der Waals surface area (Å²) in [7, 11) is 1.86. The van der Waals surface area contributed by atoms with Gasteiger partial charge in [-0.05, 0) is 30.0 Å². The Kier molecular flexibility index (Phi) is 3.95. The van der Waals surface area contributed by atoms with Gasteiger partial charge < -0.3 is 4.57 Å². The van der Waals surface area contributed by atoms with E-state index >= 15 is 0 Å². The van der Waals surface area contributed by atoms with Crippen LogP contribution in [0, 0.1) is 11.7 Å². The maximum atomic E-state index is 13.8. The van der Waals surface area contributed by atoms with Crippen LogP contribution in [0.4, 0.5) is 4.39 Å². The molecule has 0 saturated heterocycles. The molecule has 26 heavy (non-hydrogen) atoms. The summed E-state index contributed by atoms with van der Waals surface area (Å²) < 4.78 is 15.7. The molecule has 1 aliphatic rings. The minimum absolute atomic E-state index is 0.134. The van der Waals surface area contributed by atoms with Gasteiger partial charge in [0.25, 0.3) is 5.91 Å². The number of nitrogens with one attached hydrogen (secondary N) is 2. The molecule has 4 rings (SSSR count). The lowest BCUT2D eigenvalue weighted by molar-refractivity contribution is -0.123. The second-order valence-corrected chi connectivity index (χ2v) is 6.58. The lowest BCUT2D eigenvalue weighted by atomic mass is 10.1. The van der Waals surface area contributed by atoms with Gasteiger partial charge in [-0.25, -0.2) is 4.39 Å². The number of amides is 2. The largest absolute Gasteiger partial charge is 0.350 e. The summed E-state index contributed by atoms with van der Waals surface area (Å²) in [6.45, 7) is 0. The standard InChI is InChI=1S/C20H18FN3O2/c1-24-11-16(13-7-3-5-9-18(13)24)20(26)23-22-19(25)15-10-14(15)12-6-2-4-8-17(12)21/h2-9,11,14-15H,10H2,1H3,(H,22,25)(H,23,26)/t14-,15-/m0/s1. The monoisotopic (exact) mass is 351 g/mol. The van der Waals surface area contributed by atoms with Crippen LogP contribution >= 0.6 is 0 Å². The molecule has 0 aliphatic heterocycles. The first-order valence-corrected chi connectivity index (χ1v) is 8.45. The van der Waals surface area contributed by atoms with Gasteiger partial charge in [0.1, 0.15) is 5.82 Å². The number of para-hydroxylation sites is 1. The SMILES string of the molecule is Cn1cc(C(=O)NNC(=O)[C@H]2C[C@H]2c2ccccc2F)c2ccccc21. The van der Waals surface area contributed by atoms with E-state index in [-0.39, 0.29) is 29.5 Å². The third kappa shape index (κ3) is 2.83.